The highest BCUT2D eigenvalue weighted by atomic mass is 16.5. The minimum Gasteiger partial charge on any atom is -0.465 e. The van der Waals surface area contributed by atoms with Gasteiger partial charge in [-0.25, -0.2) is 0 Å². The SMILES string of the molecule is C.C.CCC(C)(C)C(=O)OC1CC2CCC1(C)C2(C)C.CCCCC(CC)COC(=O)C(C)(C)CC. The summed E-state index contributed by atoms with van der Waals surface area (Å²) in [4.78, 5) is 24.0. The summed E-state index contributed by atoms with van der Waals surface area (Å²) in [6.07, 6.45) is 10.1. The van der Waals surface area contributed by atoms with Crippen LogP contribution in [0.25, 0.3) is 0 Å². The maximum atomic E-state index is 12.3. The maximum Gasteiger partial charge on any atom is 0.311 e. The molecule has 2 saturated carbocycles. The lowest BCUT2D eigenvalue weighted by Gasteiger charge is -2.39. The van der Waals surface area contributed by atoms with Gasteiger partial charge in [0, 0.05) is 5.41 Å². The number of ether oxygens (including phenoxy) is 2. The van der Waals surface area contributed by atoms with E-state index in [-0.39, 0.29) is 49.1 Å². The lowest BCUT2D eigenvalue weighted by Crippen LogP contribution is -2.40. The molecule has 216 valence electrons. The quantitative estimate of drug-likeness (QED) is 0.259. The molecular formula is C32H64O4. The maximum absolute atomic E-state index is 12.3. The van der Waals surface area contributed by atoms with Crippen LogP contribution in [0.1, 0.15) is 149 Å². The average Bonchev–Trinajstić information content (AvgIpc) is 3.12. The first-order valence-electron chi connectivity index (χ1n) is 14.0. The Bertz CT molecular complexity index is 663. The van der Waals surface area contributed by atoms with Gasteiger partial charge < -0.3 is 9.47 Å². The minimum absolute atomic E-state index is 0. The van der Waals surface area contributed by atoms with E-state index in [1.54, 1.807) is 0 Å². The summed E-state index contributed by atoms with van der Waals surface area (Å²) in [7, 11) is 0. The standard InChI is InChI=1S/C16H28O2.C14H28O2.2CH4/c1-7-14(2,3)13(17)18-12-10-11-8-9-16(12,6)15(11,4)5;1-6-9-10-12(7-2)11-16-13(15)14(4,5)8-3;;/h11-12H,7-10H2,1-6H3;12H,6-11H2,1-5H3;2*1H4. The van der Waals surface area contributed by atoms with Crippen molar-refractivity contribution >= 4 is 11.9 Å². The summed E-state index contributed by atoms with van der Waals surface area (Å²) in [5.74, 6) is 1.20. The van der Waals surface area contributed by atoms with Crippen LogP contribution in [-0.2, 0) is 19.1 Å². The summed E-state index contributed by atoms with van der Waals surface area (Å²) < 4.78 is 11.3. The van der Waals surface area contributed by atoms with E-state index in [2.05, 4.69) is 34.6 Å². The first kappa shape index (κ1) is 37.1. The van der Waals surface area contributed by atoms with Gasteiger partial charge in [-0.2, -0.15) is 0 Å². The summed E-state index contributed by atoms with van der Waals surface area (Å²) in [6, 6.07) is 0. The lowest BCUT2D eigenvalue weighted by atomic mass is 9.70. The number of hydrogen-bond donors (Lipinski definition) is 0. The molecule has 4 atom stereocenters. The number of hydrogen-bond acceptors (Lipinski definition) is 4. The molecule has 4 nitrogen and oxygen atoms in total. The van der Waals surface area contributed by atoms with Crippen LogP contribution in [-0.4, -0.2) is 24.6 Å². The van der Waals surface area contributed by atoms with E-state index >= 15 is 0 Å². The molecule has 0 spiro atoms. The van der Waals surface area contributed by atoms with Gasteiger partial charge >= 0.3 is 11.9 Å². The van der Waals surface area contributed by atoms with Gasteiger partial charge in [-0.3, -0.25) is 9.59 Å². The second kappa shape index (κ2) is 14.8. The monoisotopic (exact) mass is 512 g/mol. The zero-order valence-electron chi connectivity index (χ0n) is 24.4. The van der Waals surface area contributed by atoms with Crippen LogP contribution in [0.5, 0.6) is 0 Å². The largest absolute Gasteiger partial charge is 0.465 e. The summed E-state index contributed by atoms with van der Waals surface area (Å²) in [5.41, 5.74) is -0.184. The Kier molecular flexibility index (Phi) is 15.2. The molecule has 0 radical (unpaired) electrons. The van der Waals surface area contributed by atoms with Gasteiger partial charge in [-0.05, 0) is 83.5 Å². The van der Waals surface area contributed by atoms with Crippen molar-refractivity contribution in [1.82, 2.24) is 0 Å². The van der Waals surface area contributed by atoms with E-state index in [0.717, 1.165) is 31.6 Å². The van der Waals surface area contributed by atoms with Crippen molar-refractivity contribution in [3.05, 3.63) is 0 Å². The van der Waals surface area contributed by atoms with Crippen LogP contribution < -0.4 is 0 Å². The third kappa shape index (κ3) is 8.48. The van der Waals surface area contributed by atoms with Crippen LogP contribution in [0.3, 0.4) is 0 Å². The molecule has 0 N–H and O–H groups in total. The Balaban J connectivity index is 0. The van der Waals surface area contributed by atoms with Gasteiger partial charge in [-0.15, -0.1) is 0 Å². The number of carbonyl (C=O) groups is 2. The first-order valence-corrected chi connectivity index (χ1v) is 14.0. The summed E-state index contributed by atoms with van der Waals surface area (Å²) in [5, 5.41) is 0. The Morgan fingerprint density at radius 1 is 0.917 bits per heavy atom. The molecule has 2 aliphatic carbocycles. The molecule has 2 rings (SSSR count). The van der Waals surface area contributed by atoms with Crippen molar-refractivity contribution in [2.45, 2.75) is 155 Å². The Labute approximate surface area is 226 Å². The molecule has 36 heavy (non-hydrogen) atoms. The van der Waals surface area contributed by atoms with Gasteiger partial charge in [0.2, 0.25) is 0 Å². The van der Waals surface area contributed by atoms with Crippen molar-refractivity contribution in [2.24, 2.45) is 33.5 Å². The second-order valence-electron chi connectivity index (χ2n) is 13.0. The van der Waals surface area contributed by atoms with Crippen molar-refractivity contribution < 1.29 is 19.1 Å². The molecule has 0 amide bonds. The van der Waals surface area contributed by atoms with E-state index < -0.39 is 0 Å². The number of carbonyl (C=O) groups excluding carboxylic acids is 2. The molecule has 4 heteroatoms. The van der Waals surface area contributed by atoms with Crippen molar-refractivity contribution in [3.63, 3.8) is 0 Å². The predicted molar refractivity (Wildman–Crippen MR) is 155 cm³/mol. The Morgan fingerprint density at radius 2 is 1.44 bits per heavy atom. The van der Waals surface area contributed by atoms with Crippen LogP contribution in [0.2, 0.25) is 0 Å². The third-order valence-corrected chi connectivity index (χ3v) is 9.83. The molecule has 2 aliphatic rings. The Morgan fingerprint density at radius 3 is 1.83 bits per heavy atom. The fourth-order valence-corrected chi connectivity index (χ4v) is 5.17. The molecule has 2 bridgehead atoms. The van der Waals surface area contributed by atoms with Crippen LogP contribution in [0.4, 0.5) is 0 Å². The van der Waals surface area contributed by atoms with Gasteiger partial charge in [0.15, 0.2) is 0 Å². The Hall–Kier alpha value is -1.06. The topological polar surface area (TPSA) is 52.6 Å². The number of esters is 2. The van der Waals surface area contributed by atoms with E-state index in [1.165, 1.54) is 32.1 Å². The molecule has 0 heterocycles. The van der Waals surface area contributed by atoms with E-state index in [4.69, 9.17) is 9.47 Å². The average molecular weight is 513 g/mol. The van der Waals surface area contributed by atoms with E-state index in [1.807, 2.05) is 41.5 Å². The normalized spacial score (nSPS) is 25.0. The highest BCUT2D eigenvalue weighted by Crippen LogP contribution is 2.66. The van der Waals surface area contributed by atoms with E-state index in [0.29, 0.717) is 17.9 Å². The smallest absolute Gasteiger partial charge is 0.311 e. The number of unbranched alkanes of at least 4 members (excludes halogenated alkanes) is 1. The lowest BCUT2D eigenvalue weighted by molar-refractivity contribution is -0.167. The van der Waals surface area contributed by atoms with Crippen molar-refractivity contribution in [1.29, 1.82) is 0 Å². The minimum atomic E-state index is -0.345. The second-order valence-corrected chi connectivity index (χ2v) is 13.0. The molecule has 0 aromatic carbocycles. The van der Waals surface area contributed by atoms with Crippen LogP contribution in [0, 0.1) is 33.5 Å². The fourth-order valence-electron chi connectivity index (χ4n) is 5.17. The van der Waals surface area contributed by atoms with Crippen molar-refractivity contribution in [2.75, 3.05) is 6.61 Å². The highest BCUT2D eigenvalue weighted by molar-refractivity contribution is 5.76. The fraction of sp³-hybridized carbons (Fsp3) is 0.938. The summed E-state index contributed by atoms with van der Waals surface area (Å²) in [6.45, 7) is 23.9. The highest BCUT2D eigenvalue weighted by Gasteiger charge is 2.63. The van der Waals surface area contributed by atoms with Gasteiger partial charge in [0.25, 0.3) is 0 Å². The molecule has 0 saturated heterocycles. The zero-order chi connectivity index (χ0) is 26.4. The van der Waals surface area contributed by atoms with Crippen LogP contribution in [0.15, 0.2) is 0 Å². The molecule has 4 unspecified atom stereocenters. The molecular weight excluding hydrogens is 448 g/mol. The van der Waals surface area contributed by atoms with Crippen molar-refractivity contribution in [3.8, 4) is 0 Å². The number of rotatable bonds is 11. The molecule has 0 aromatic heterocycles. The van der Waals surface area contributed by atoms with Gasteiger partial charge in [-0.1, -0.05) is 82.6 Å². The predicted octanol–water partition coefficient (Wildman–Crippen LogP) is 9.63. The third-order valence-electron chi connectivity index (χ3n) is 9.83. The number of fused-ring (bicyclic) bond motifs is 2. The molecule has 0 aromatic rings. The summed E-state index contributed by atoms with van der Waals surface area (Å²) >= 11 is 0. The van der Waals surface area contributed by atoms with Crippen LogP contribution >= 0.6 is 0 Å². The van der Waals surface area contributed by atoms with Gasteiger partial charge in [0.05, 0.1) is 17.4 Å². The van der Waals surface area contributed by atoms with E-state index in [9.17, 15) is 9.59 Å². The zero-order valence-corrected chi connectivity index (χ0v) is 24.4. The first-order chi connectivity index (χ1) is 15.6. The molecule has 0 aliphatic heterocycles. The molecule has 2 fully saturated rings. The van der Waals surface area contributed by atoms with Gasteiger partial charge in [0.1, 0.15) is 6.10 Å².